The quantitative estimate of drug-likeness (QED) is 0.580. The lowest BCUT2D eigenvalue weighted by molar-refractivity contribution is -0.139. The van der Waals surface area contributed by atoms with Crippen LogP contribution in [0.2, 0.25) is 0 Å². The second kappa shape index (κ2) is 9.63. The van der Waals surface area contributed by atoms with Crippen molar-refractivity contribution in [2.24, 2.45) is 11.3 Å². The van der Waals surface area contributed by atoms with Crippen molar-refractivity contribution in [2.45, 2.75) is 91.3 Å². The van der Waals surface area contributed by atoms with Crippen molar-refractivity contribution >= 4 is 23.8 Å². The Morgan fingerprint density at radius 1 is 1.03 bits per heavy atom. The highest BCUT2D eigenvalue weighted by Crippen LogP contribution is 2.48. The third-order valence-electron chi connectivity index (χ3n) is 7.43. The van der Waals surface area contributed by atoms with E-state index >= 15 is 0 Å². The van der Waals surface area contributed by atoms with Crippen LogP contribution in [0.25, 0.3) is 0 Å². The van der Waals surface area contributed by atoms with Gasteiger partial charge in [-0.15, -0.1) is 0 Å². The highest BCUT2D eigenvalue weighted by Gasteiger charge is 2.60. The zero-order valence-electron chi connectivity index (χ0n) is 21.8. The fourth-order valence-electron chi connectivity index (χ4n) is 5.30. The van der Waals surface area contributed by atoms with E-state index in [2.05, 4.69) is 26.1 Å². The number of nitrogens with zero attached hydrogens (tertiary/aromatic N) is 2. The molecule has 3 rings (SSSR count). The number of nitrogens with one attached hydrogen (secondary N) is 1. The molecule has 2 fully saturated rings. The van der Waals surface area contributed by atoms with Crippen molar-refractivity contribution in [3.05, 3.63) is 35.4 Å². The summed E-state index contributed by atoms with van der Waals surface area (Å²) in [4.78, 5) is 53.4. The van der Waals surface area contributed by atoms with Gasteiger partial charge in [0.05, 0.1) is 6.42 Å². The Morgan fingerprint density at radius 3 is 2.09 bits per heavy atom. The van der Waals surface area contributed by atoms with Gasteiger partial charge in [0.25, 0.3) is 11.8 Å². The largest absolute Gasteiger partial charge is 0.481 e. The number of amides is 4. The molecule has 1 aliphatic carbocycles. The maximum atomic E-state index is 13.8. The molecule has 0 atom stereocenters. The molecule has 8 nitrogen and oxygen atoms in total. The second-order valence-corrected chi connectivity index (χ2v) is 11.9. The van der Waals surface area contributed by atoms with E-state index in [0.29, 0.717) is 24.3 Å². The van der Waals surface area contributed by atoms with Crippen LogP contribution in [0.15, 0.2) is 24.3 Å². The summed E-state index contributed by atoms with van der Waals surface area (Å²) in [5, 5.41) is 11.3. The van der Waals surface area contributed by atoms with Gasteiger partial charge in [-0.05, 0) is 75.5 Å². The van der Waals surface area contributed by atoms with Gasteiger partial charge in [-0.3, -0.25) is 19.3 Å². The molecule has 35 heavy (non-hydrogen) atoms. The fourth-order valence-corrected chi connectivity index (χ4v) is 5.30. The summed E-state index contributed by atoms with van der Waals surface area (Å²) < 4.78 is 0. The van der Waals surface area contributed by atoms with Crippen molar-refractivity contribution in [2.75, 3.05) is 6.54 Å². The number of hydrogen-bond donors (Lipinski definition) is 2. The van der Waals surface area contributed by atoms with Crippen LogP contribution in [0.4, 0.5) is 4.79 Å². The zero-order chi connectivity index (χ0) is 26.2. The average molecular weight is 486 g/mol. The molecule has 1 saturated carbocycles. The smallest absolute Gasteiger partial charge is 0.328 e. The Morgan fingerprint density at radius 2 is 1.60 bits per heavy atom. The predicted molar refractivity (Wildman–Crippen MR) is 133 cm³/mol. The van der Waals surface area contributed by atoms with E-state index in [1.165, 1.54) is 4.90 Å². The molecule has 1 aromatic rings. The second-order valence-electron chi connectivity index (χ2n) is 11.9. The number of carbonyl (C=O) groups is 4. The number of rotatable bonds is 6. The molecule has 2 aliphatic rings. The molecule has 1 aromatic carbocycles. The lowest BCUT2D eigenvalue weighted by Gasteiger charge is -2.44. The lowest BCUT2D eigenvalue weighted by atomic mass is 9.66. The molecule has 0 aromatic heterocycles. The Labute approximate surface area is 208 Å². The average Bonchev–Trinajstić information content (AvgIpc) is 2.94. The van der Waals surface area contributed by atoms with Crippen molar-refractivity contribution < 1.29 is 24.3 Å². The van der Waals surface area contributed by atoms with Gasteiger partial charge in [0, 0.05) is 24.2 Å². The van der Waals surface area contributed by atoms with Crippen LogP contribution in [0.5, 0.6) is 0 Å². The zero-order valence-corrected chi connectivity index (χ0v) is 21.8. The number of hydrogen-bond acceptors (Lipinski definition) is 4. The van der Waals surface area contributed by atoms with Gasteiger partial charge in [-0.25, -0.2) is 4.79 Å². The van der Waals surface area contributed by atoms with E-state index in [0.717, 1.165) is 18.4 Å². The highest BCUT2D eigenvalue weighted by molar-refractivity contribution is 6.07. The highest BCUT2D eigenvalue weighted by atomic mass is 16.4. The molecule has 1 heterocycles. The number of imide groups is 1. The van der Waals surface area contributed by atoms with E-state index in [-0.39, 0.29) is 42.8 Å². The molecule has 1 saturated heterocycles. The van der Waals surface area contributed by atoms with Crippen LogP contribution >= 0.6 is 0 Å². The fraction of sp³-hybridized carbons (Fsp3) is 0.630. The molecule has 4 amide bonds. The first-order valence-electron chi connectivity index (χ1n) is 12.4. The number of carbonyl (C=O) groups excluding carboxylic acids is 3. The first-order chi connectivity index (χ1) is 16.2. The third kappa shape index (κ3) is 5.52. The van der Waals surface area contributed by atoms with Crippen LogP contribution in [0.3, 0.4) is 0 Å². The first-order valence-corrected chi connectivity index (χ1v) is 12.4. The van der Waals surface area contributed by atoms with Crippen LogP contribution in [-0.2, 0) is 16.1 Å². The minimum absolute atomic E-state index is 0.0566. The molecule has 0 radical (unpaired) electrons. The van der Waals surface area contributed by atoms with Gasteiger partial charge < -0.3 is 15.3 Å². The number of carboxylic acid groups (broad SMARTS) is 1. The summed E-state index contributed by atoms with van der Waals surface area (Å²) in [6.45, 7) is 12.7. The lowest BCUT2D eigenvalue weighted by Crippen LogP contribution is -2.53. The summed E-state index contributed by atoms with van der Waals surface area (Å²) >= 11 is 0. The van der Waals surface area contributed by atoms with Crippen molar-refractivity contribution in [3.8, 4) is 0 Å². The monoisotopic (exact) mass is 485 g/mol. The van der Waals surface area contributed by atoms with Gasteiger partial charge in [0.2, 0.25) is 0 Å². The van der Waals surface area contributed by atoms with Crippen LogP contribution in [-0.4, -0.2) is 56.3 Å². The Bertz CT molecular complexity index is 980. The summed E-state index contributed by atoms with van der Waals surface area (Å²) in [6, 6.07) is 6.65. The van der Waals surface area contributed by atoms with Gasteiger partial charge in [-0.1, -0.05) is 32.9 Å². The molecular formula is C27H39N3O5. The minimum Gasteiger partial charge on any atom is -0.481 e. The Kier molecular flexibility index (Phi) is 7.34. The van der Waals surface area contributed by atoms with E-state index in [1.807, 2.05) is 20.8 Å². The summed E-state index contributed by atoms with van der Waals surface area (Å²) in [6.07, 6.45) is 2.95. The maximum Gasteiger partial charge on any atom is 0.328 e. The molecule has 1 spiro atoms. The van der Waals surface area contributed by atoms with E-state index in [4.69, 9.17) is 5.11 Å². The Balaban J connectivity index is 1.82. The minimum atomic E-state index is -0.972. The van der Waals surface area contributed by atoms with E-state index < -0.39 is 17.0 Å². The SMILES string of the molecule is CC(C)(C)C1CCC2(CC1)C(=O)N(C(C)(C)C)C(=O)N2Cc1ccc(C(=O)NCCC(=O)O)cc1. The first kappa shape index (κ1) is 26.7. The summed E-state index contributed by atoms with van der Waals surface area (Å²) in [5.41, 5.74) is -0.0443. The summed E-state index contributed by atoms with van der Waals surface area (Å²) in [5.74, 6) is -0.918. The molecular weight excluding hydrogens is 446 g/mol. The maximum absolute atomic E-state index is 13.8. The standard InChI is InChI=1S/C27H39N3O5/c1-25(2,3)20-11-14-27(15-12-20)23(34)30(26(4,5)6)24(35)29(27)17-18-7-9-19(10-8-18)22(33)28-16-13-21(31)32/h7-10,20H,11-17H2,1-6H3,(H,28,33)(H,31,32). The van der Waals surface area contributed by atoms with E-state index in [1.54, 1.807) is 29.2 Å². The molecule has 0 unspecified atom stereocenters. The van der Waals surface area contributed by atoms with Gasteiger partial charge >= 0.3 is 12.0 Å². The predicted octanol–water partition coefficient (Wildman–Crippen LogP) is 4.43. The van der Waals surface area contributed by atoms with Gasteiger partial charge in [-0.2, -0.15) is 0 Å². The Hall–Kier alpha value is -2.90. The normalized spacial score (nSPS) is 23.2. The van der Waals surface area contributed by atoms with Gasteiger partial charge in [0.15, 0.2) is 0 Å². The van der Waals surface area contributed by atoms with Gasteiger partial charge in [0.1, 0.15) is 5.54 Å². The van der Waals surface area contributed by atoms with Crippen molar-refractivity contribution in [3.63, 3.8) is 0 Å². The summed E-state index contributed by atoms with van der Waals surface area (Å²) in [7, 11) is 0. The molecule has 8 heteroatoms. The van der Waals surface area contributed by atoms with Crippen LogP contribution in [0.1, 0.15) is 89.6 Å². The number of aliphatic carboxylic acids is 1. The van der Waals surface area contributed by atoms with Crippen LogP contribution < -0.4 is 5.32 Å². The van der Waals surface area contributed by atoms with Crippen molar-refractivity contribution in [1.82, 2.24) is 15.1 Å². The van der Waals surface area contributed by atoms with Crippen molar-refractivity contribution in [1.29, 1.82) is 0 Å². The topological polar surface area (TPSA) is 107 Å². The number of carboxylic acids is 1. The molecule has 192 valence electrons. The number of urea groups is 1. The number of benzene rings is 1. The molecule has 0 bridgehead atoms. The molecule has 2 N–H and O–H groups in total. The van der Waals surface area contributed by atoms with E-state index in [9.17, 15) is 19.2 Å². The third-order valence-corrected chi connectivity index (χ3v) is 7.43. The molecule has 1 aliphatic heterocycles. The van der Waals surface area contributed by atoms with Crippen LogP contribution in [0, 0.1) is 11.3 Å².